The second-order valence-corrected chi connectivity index (χ2v) is 9.86. The van der Waals surface area contributed by atoms with E-state index >= 15 is 0 Å². The number of rotatable bonds is 12. The van der Waals surface area contributed by atoms with Crippen molar-refractivity contribution in [3.63, 3.8) is 0 Å². The maximum Gasteiger partial charge on any atom is 0.257 e. The van der Waals surface area contributed by atoms with Gasteiger partial charge in [0, 0.05) is 35.6 Å². The molecule has 0 aromatic heterocycles. The highest BCUT2D eigenvalue weighted by molar-refractivity contribution is 6.05. The number of anilines is 1. The van der Waals surface area contributed by atoms with E-state index in [9.17, 15) is 4.79 Å². The molecule has 9 heteroatoms. The van der Waals surface area contributed by atoms with E-state index in [0.717, 1.165) is 11.1 Å². The number of ether oxygens (including phenoxy) is 2. The molecule has 0 spiro atoms. The van der Waals surface area contributed by atoms with Crippen molar-refractivity contribution >= 4 is 17.5 Å². The molecule has 42 heavy (non-hydrogen) atoms. The summed E-state index contributed by atoms with van der Waals surface area (Å²) in [6.45, 7) is 0.556. The van der Waals surface area contributed by atoms with Gasteiger partial charge in [0.25, 0.3) is 5.91 Å². The normalized spacial score (nSPS) is 17.5. The number of aliphatic hydroxyl groups excluding tert-OH is 1. The quantitative estimate of drug-likeness (QED) is 0.0898. The number of hydrogen-bond donors (Lipinski definition) is 2. The molecule has 4 aromatic rings. The molecular weight excluding hydrogens is 530 g/mol. The number of nitrogens with zero attached hydrogens (tertiary/aromatic N) is 4. The summed E-state index contributed by atoms with van der Waals surface area (Å²) in [5.74, 6) is 0.652. The smallest absolute Gasteiger partial charge is 0.257 e. The van der Waals surface area contributed by atoms with E-state index in [2.05, 4.69) is 15.3 Å². The van der Waals surface area contributed by atoms with Gasteiger partial charge in [-0.15, -0.1) is 0 Å². The fourth-order valence-corrected chi connectivity index (χ4v) is 4.97. The van der Waals surface area contributed by atoms with Gasteiger partial charge in [-0.3, -0.25) is 4.79 Å². The predicted octanol–water partition coefficient (Wildman–Crippen LogP) is 6.40. The molecule has 4 aromatic carbocycles. The van der Waals surface area contributed by atoms with Crippen LogP contribution in [-0.4, -0.2) is 35.7 Å². The lowest BCUT2D eigenvalue weighted by Gasteiger charge is -2.31. The van der Waals surface area contributed by atoms with Crippen LogP contribution in [0, 0.1) is 0 Å². The lowest BCUT2D eigenvalue weighted by molar-refractivity contribution is -0.123. The summed E-state index contributed by atoms with van der Waals surface area (Å²) >= 11 is 0. The number of benzene rings is 4. The topological polar surface area (TPSA) is 129 Å². The third-order valence-corrected chi connectivity index (χ3v) is 7.02. The average Bonchev–Trinajstić information content (AvgIpc) is 3.42. The van der Waals surface area contributed by atoms with Crippen LogP contribution in [0.4, 0.5) is 5.69 Å². The number of aliphatic imine (C=N–C) groups is 1. The first kappa shape index (κ1) is 28.4. The minimum atomic E-state index is -1.39. The summed E-state index contributed by atoms with van der Waals surface area (Å²) in [5, 5.41) is 15.9. The van der Waals surface area contributed by atoms with Gasteiger partial charge in [0.1, 0.15) is 5.75 Å². The summed E-state index contributed by atoms with van der Waals surface area (Å²) in [6, 6.07) is 33.8. The van der Waals surface area contributed by atoms with E-state index in [-0.39, 0.29) is 25.5 Å². The predicted molar refractivity (Wildman–Crippen MR) is 161 cm³/mol. The van der Waals surface area contributed by atoms with Gasteiger partial charge in [0.05, 0.1) is 13.2 Å². The molecule has 212 valence electrons. The summed E-state index contributed by atoms with van der Waals surface area (Å²) in [4.78, 5) is 22.4. The maximum atomic E-state index is 14.4. The Labute approximate surface area is 244 Å². The Kier molecular flexibility index (Phi) is 9.13. The van der Waals surface area contributed by atoms with Crippen molar-refractivity contribution in [3.05, 3.63) is 142 Å². The third kappa shape index (κ3) is 6.44. The fourth-order valence-electron chi connectivity index (χ4n) is 4.97. The van der Waals surface area contributed by atoms with E-state index < -0.39 is 11.6 Å². The largest absolute Gasteiger partial charge is 0.494 e. The zero-order chi connectivity index (χ0) is 29.2. The Hall–Kier alpha value is -5.11. The molecule has 0 aliphatic carbocycles. The van der Waals surface area contributed by atoms with Crippen molar-refractivity contribution in [3.8, 4) is 5.75 Å². The van der Waals surface area contributed by atoms with Crippen molar-refractivity contribution in [2.24, 2.45) is 10.1 Å². The van der Waals surface area contributed by atoms with Gasteiger partial charge < -0.3 is 19.9 Å². The van der Waals surface area contributed by atoms with Crippen LogP contribution < -0.4 is 10.1 Å². The Morgan fingerprint density at radius 2 is 1.67 bits per heavy atom. The van der Waals surface area contributed by atoms with Crippen molar-refractivity contribution in [1.82, 2.24) is 0 Å². The fraction of sp³-hybridized carbons (Fsp3) is 0.212. The Morgan fingerprint density at radius 1 is 0.976 bits per heavy atom. The van der Waals surface area contributed by atoms with Crippen molar-refractivity contribution in [1.29, 1.82) is 0 Å². The highest BCUT2D eigenvalue weighted by Gasteiger charge is 2.53. The minimum absolute atomic E-state index is 0.0554. The molecule has 0 fully saturated rings. The standard InChI is InChI=1S/C33H31N5O4/c34-38-35-23-26-12-7-8-15-29(26)30-33(22-24-10-3-1-4-11-24,32(40)36-27-13-5-2-6-14-27)37-31(42-30)25-16-18-28(19-17-25)41-21-9-20-39/h1-8,10-19,30,39H,9,20-23H2,(H,36,40)/t30-,33-/m1/s1. The van der Waals surface area contributed by atoms with Crippen LogP contribution in [0.2, 0.25) is 0 Å². The van der Waals surface area contributed by atoms with E-state index in [1.807, 2.05) is 109 Å². The molecular formula is C33H31N5O4. The van der Waals surface area contributed by atoms with Crippen LogP contribution in [0.3, 0.4) is 0 Å². The minimum Gasteiger partial charge on any atom is -0.494 e. The van der Waals surface area contributed by atoms with Crippen molar-refractivity contribution in [2.75, 3.05) is 18.5 Å². The molecule has 1 aliphatic heterocycles. The van der Waals surface area contributed by atoms with Crippen molar-refractivity contribution < 1.29 is 19.4 Å². The monoisotopic (exact) mass is 561 g/mol. The molecule has 0 saturated carbocycles. The number of hydrogen-bond acceptors (Lipinski definition) is 6. The number of para-hydroxylation sites is 1. The number of carbonyl (C=O) groups is 1. The summed E-state index contributed by atoms with van der Waals surface area (Å²) in [6.07, 6.45) is -0.0201. The molecule has 1 aliphatic rings. The van der Waals surface area contributed by atoms with Gasteiger partial charge in [-0.2, -0.15) is 0 Å². The zero-order valence-corrected chi connectivity index (χ0v) is 23.0. The molecule has 0 saturated heterocycles. The zero-order valence-electron chi connectivity index (χ0n) is 23.0. The number of carbonyl (C=O) groups excluding carboxylic acids is 1. The van der Waals surface area contributed by atoms with Crippen LogP contribution in [-0.2, 0) is 22.5 Å². The van der Waals surface area contributed by atoms with E-state index in [0.29, 0.717) is 41.5 Å². The van der Waals surface area contributed by atoms with E-state index in [1.54, 1.807) is 0 Å². The van der Waals surface area contributed by atoms with Gasteiger partial charge in [-0.05, 0) is 58.6 Å². The first-order chi connectivity index (χ1) is 20.6. The Balaban J connectivity index is 1.62. The van der Waals surface area contributed by atoms with Crippen LogP contribution in [0.1, 0.15) is 34.8 Å². The number of azide groups is 1. The second-order valence-electron chi connectivity index (χ2n) is 9.86. The first-order valence-electron chi connectivity index (χ1n) is 13.7. The highest BCUT2D eigenvalue weighted by Crippen LogP contribution is 2.44. The highest BCUT2D eigenvalue weighted by atomic mass is 16.5. The van der Waals surface area contributed by atoms with E-state index in [4.69, 9.17) is 25.1 Å². The maximum absolute atomic E-state index is 14.4. The molecule has 1 amide bonds. The summed E-state index contributed by atoms with van der Waals surface area (Å²) in [7, 11) is 0. The van der Waals surface area contributed by atoms with Gasteiger partial charge in [0.2, 0.25) is 5.90 Å². The molecule has 0 bridgehead atoms. The molecule has 2 N–H and O–H groups in total. The van der Waals surface area contributed by atoms with Crippen LogP contribution in [0.5, 0.6) is 5.75 Å². The van der Waals surface area contributed by atoms with Crippen molar-refractivity contribution in [2.45, 2.75) is 31.0 Å². The molecule has 5 rings (SSSR count). The molecule has 9 nitrogen and oxygen atoms in total. The van der Waals surface area contributed by atoms with Crippen LogP contribution >= 0.6 is 0 Å². The molecule has 1 heterocycles. The van der Waals surface area contributed by atoms with Gasteiger partial charge in [-0.25, -0.2) is 4.99 Å². The Bertz CT molecular complexity index is 1570. The van der Waals surface area contributed by atoms with Gasteiger partial charge in [0.15, 0.2) is 11.6 Å². The summed E-state index contributed by atoms with van der Waals surface area (Å²) in [5.41, 5.74) is 11.3. The van der Waals surface area contributed by atoms with Gasteiger partial charge in [-0.1, -0.05) is 77.9 Å². The molecule has 2 atom stereocenters. The van der Waals surface area contributed by atoms with E-state index in [1.165, 1.54) is 0 Å². The first-order valence-corrected chi connectivity index (χ1v) is 13.7. The van der Waals surface area contributed by atoms with Crippen LogP contribution in [0.15, 0.2) is 119 Å². The Morgan fingerprint density at radius 3 is 2.38 bits per heavy atom. The SMILES string of the molecule is [N-]=[N+]=NCc1ccccc1[C@H]1OC(c2ccc(OCCCO)cc2)=N[C@@]1(Cc1ccccc1)C(=O)Nc1ccccc1. The number of amides is 1. The van der Waals surface area contributed by atoms with Crippen LogP contribution in [0.25, 0.3) is 10.4 Å². The average molecular weight is 562 g/mol. The second kappa shape index (κ2) is 13.5. The molecule has 0 unspecified atom stereocenters. The summed E-state index contributed by atoms with van der Waals surface area (Å²) < 4.78 is 12.3. The number of aliphatic hydroxyl groups is 1. The third-order valence-electron chi connectivity index (χ3n) is 7.02. The molecule has 0 radical (unpaired) electrons. The lowest BCUT2D eigenvalue weighted by atomic mass is 9.80. The lowest BCUT2D eigenvalue weighted by Crippen LogP contribution is -2.47. The van der Waals surface area contributed by atoms with Gasteiger partial charge >= 0.3 is 0 Å². The number of nitrogens with one attached hydrogen (secondary N) is 1.